The fourth-order valence-corrected chi connectivity index (χ4v) is 1.80. The molecule has 0 saturated heterocycles. The van der Waals surface area contributed by atoms with Crippen LogP contribution in [0.25, 0.3) is 0 Å². The van der Waals surface area contributed by atoms with Gasteiger partial charge in [-0.25, -0.2) is 4.39 Å². The van der Waals surface area contributed by atoms with Gasteiger partial charge in [0.05, 0.1) is 12.3 Å². The van der Waals surface area contributed by atoms with E-state index in [1.165, 1.54) is 6.07 Å². The number of aliphatic hydroxyl groups is 1. The molecule has 1 unspecified atom stereocenters. The van der Waals surface area contributed by atoms with Gasteiger partial charge in [-0.2, -0.15) is 0 Å². The molecule has 3 nitrogen and oxygen atoms in total. The molecule has 0 bridgehead atoms. The Bertz CT molecular complexity index is 329. The fraction of sp³-hybridized carbons (Fsp3) is 0.538. The van der Waals surface area contributed by atoms with Crippen LogP contribution >= 0.6 is 0 Å². The predicted octanol–water partition coefficient (Wildman–Crippen LogP) is 1.62. The summed E-state index contributed by atoms with van der Waals surface area (Å²) in [5.41, 5.74) is 0.628. The molecule has 4 heteroatoms. The highest BCUT2D eigenvalue weighted by molar-refractivity contribution is 5.47. The monoisotopic (exact) mass is 240 g/mol. The summed E-state index contributed by atoms with van der Waals surface area (Å²) in [4.78, 5) is 1.98. The maximum atomic E-state index is 13.6. The lowest BCUT2D eigenvalue weighted by molar-refractivity contribution is 0.243. The Labute approximate surface area is 102 Å². The smallest absolute Gasteiger partial charge is 0.146 e. The zero-order chi connectivity index (χ0) is 12.7. The van der Waals surface area contributed by atoms with Crippen molar-refractivity contribution in [2.24, 2.45) is 0 Å². The van der Waals surface area contributed by atoms with Gasteiger partial charge in [-0.1, -0.05) is 12.1 Å². The second-order valence-corrected chi connectivity index (χ2v) is 3.99. The van der Waals surface area contributed by atoms with Crippen molar-refractivity contribution in [2.75, 3.05) is 31.6 Å². The van der Waals surface area contributed by atoms with Crippen molar-refractivity contribution in [3.8, 4) is 0 Å². The number of hydrogen-bond acceptors (Lipinski definition) is 3. The molecule has 1 aromatic rings. The first-order valence-corrected chi connectivity index (χ1v) is 6.00. The molecule has 1 aromatic carbocycles. The maximum Gasteiger partial charge on any atom is 0.146 e. The number of anilines is 1. The number of hydrogen-bond donors (Lipinski definition) is 2. The number of benzene rings is 1. The zero-order valence-electron chi connectivity index (χ0n) is 10.5. The highest BCUT2D eigenvalue weighted by Gasteiger charge is 2.11. The number of halogens is 1. The van der Waals surface area contributed by atoms with Crippen molar-refractivity contribution >= 4 is 5.69 Å². The molecule has 0 radical (unpaired) electrons. The average Bonchev–Trinajstić information content (AvgIpc) is 2.36. The molecule has 0 spiro atoms. The second-order valence-electron chi connectivity index (χ2n) is 3.99. The van der Waals surface area contributed by atoms with Crippen molar-refractivity contribution in [2.45, 2.75) is 19.4 Å². The van der Waals surface area contributed by atoms with Crippen LogP contribution in [0.5, 0.6) is 0 Å². The molecule has 0 heterocycles. The molecule has 0 fully saturated rings. The SMILES string of the molecule is CCN(CCC(CO)NC)c1ccccc1F. The standard InChI is InChI=1S/C13H21FN2O/c1-3-16(9-8-11(10-17)15-2)13-7-5-4-6-12(13)14/h4-7,11,15,17H,3,8-10H2,1-2H3. The van der Waals surface area contributed by atoms with Crippen LogP contribution in [0.3, 0.4) is 0 Å². The fourth-order valence-electron chi connectivity index (χ4n) is 1.80. The molecule has 17 heavy (non-hydrogen) atoms. The highest BCUT2D eigenvalue weighted by Crippen LogP contribution is 2.18. The number of aliphatic hydroxyl groups excluding tert-OH is 1. The van der Waals surface area contributed by atoms with Gasteiger partial charge in [0.15, 0.2) is 0 Å². The first-order valence-electron chi connectivity index (χ1n) is 6.00. The maximum absolute atomic E-state index is 13.6. The lowest BCUT2D eigenvalue weighted by Crippen LogP contribution is -2.35. The summed E-state index contributed by atoms with van der Waals surface area (Å²) in [6.45, 7) is 3.58. The zero-order valence-corrected chi connectivity index (χ0v) is 10.5. The van der Waals surface area contributed by atoms with Gasteiger partial charge in [-0.3, -0.25) is 0 Å². The predicted molar refractivity (Wildman–Crippen MR) is 68.8 cm³/mol. The van der Waals surface area contributed by atoms with E-state index in [0.717, 1.165) is 19.5 Å². The Morgan fingerprint density at radius 2 is 2.12 bits per heavy atom. The molecular formula is C13H21FN2O. The lowest BCUT2D eigenvalue weighted by Gasteiger charge is -2.25. The van der Waals surface area contributed by atoms with Crippen molar-refractivity contribution in [3.05, 3.63) is 30.1 Å². The summed E-state index contributed by atoms with van der Waals surface area (Å²) < 4.78 is 13.6. The third-order valence-electron chi connectivity index (χ3n) is 2.95. The van der Waals surface area contributed by atoms with Crippen LogP contribution in [0.4, 0.5) is 10.1 Å². The van der Waals surface area contributed by atoms with E-state index in [1.807, 2.05) is 24.9 Å². The number of nitrogens with zero attached hydrogens (tertiary/aromatic N) is 1. The van der Waals surface area contributed by atoms with Gasteiger partial charge < -0.3 is 15.3 Å². The van der Waals surface area contributed by atoms with Crippen molar-refractivity contribution < 1.29 is 9.50 Å². The third-order valence-corrected chi connectivity index (χ3v) is 2.95. The minimum atomic E-state index is -0.195. The van der Waals surface area contributed by atoms with E-state index in [-0.39, 0.29) is 18.5 Å². The van der Waals surface area contributed by atoms with Crippen LogP contribution in [0.2, 0.25) is 0 Å². The van der Waals surface area contributed by atoms with Crippen LogP contribution in [0, 0.1) is 5.82 Å². The Morgan fingerprint density at radius 1 is 1.41 bits per heavy atom. The van der Waals surface area contributed by atoms with E-state index < -0.39 is 0 Å². The molecule has 1 atom stereocenters. The Hall–Kier alpha value is -1.13. The van der Waals surface area contributed by atoms with E-state index in [2.05, 4.69) is 5.32 Å². The molecule has 1 rings (SSSR count). The van der Waals surface area contributed by atoms with Crippen LogP contribution in [-0.2, 0) is 0 Å². The van der Waals surface area contributed by atoms with Crippen LogP contribution in [0.15, 0.2) is 24.3 Å². The van der Waals surface area contributed by atoms with Gasteiger partial charge in [0.2, 0.25) is 0 Å². The number of likely N-dealkylation sites (N-methyl/N-ethyl adjacent to an activating group) is 1. The number of nitrogens with one attached hydrogen (secondary N) is 1. The topological polar surface area (TPSA) is 35.5 Å². The molecule has 0 aliphatic carbocycles. The minimum absolute atomic E-state index is 0.0656. The van der Waals surface area contributed by atoms with Crippen LogP contribution in [0.1, 0.15) is 13.3 Å². The summed E-state index contributed by atoms with van der Waals surface area (Å²) in [5.74, 6) is -0.195. The van der Waals surface area contributed by atoms with Gasteiger partial charge >= 0.3 is 0 Å². The van der Waals surface area contributed by atoms with Crippen molar-refractivity contribution in [3.63, 3.8) is 0 Å². The van der Waals surface area contributed by atoms with Crippen LogP contribution in [-0.4, -0.2) is 37.9 Å². The second kappa shape index (κ2) is 7.25. The minimum Gasteiger partial charge on any atom is -0.395 e. The van der Waals surface area contributed by atoms with Crippen LogP contribution < -0.4 is 10.2 Å². The molecule has 96 valence electrons. The molecule has 0 aliphatic rings. The summed E-state index contributed by atoms with van der Waals surface area (Å²) >= 11 is 0. The quantitative estimate of drug-likeness (QED) is 0.760. The molecule has 0 amide bonds. The molecule has 0 aliphatic heterocycles. The molecular weight excluding hydrogens is 219 g/mol. The lowest BCUT2D eigenvalue weighted by atomic mass is 10.2. The van der Waals surface area contributed by atoms with E-state index in [9.17, 15) is 4.39 Å². The molecule has 0 saturated carbocycles. The summed E-state index contributed by atoms with van der Waals surface area (Å²) in [6, 6.07) is 6.85. The number of rotatable bonds is 7. The van der Waals surface area contributed by atoms with E-state index in [0.29, 0.717) is 5.69 Å². The van der Waals surface area contributed by atoms with Gasteiger partial charge in [0.25, 0.3) is 0 Å². The van der Waals surface area contributed by atoms with E-state index in [1.54, 1.807) is 12.1 Å². The van der Waals surface area contributed by atoms with E-state index >= 15 is 0 Å². The molecule has 2 N–H and O–H groups in total. The summed E-state index contributed by atoms with van der Waals surface area (Å²) in [5, 5.41) is 12.1. The van der Waals surface area contributed by atoms with Crippen molar-refractivity contribution in [1.82, 2.24) is 5.32 Å². The Balaban J connectivity index is 2.63. The Kier molecular flexibility index (Phi) is 5.94. The van der Waals surface area contributed by atoms with Gasteiger partial charge in [-0.15, -0.1) is 0 Å². The van der Waals surface area contributed by atoms with Crippen molar-refractivity contribution in [1.29, 1.82) is 0 Å². The third kappa shape index (κ3) is 3.98. The first kappa shape index (κ1) is 13.9. The normalized spacial score (nSPS) is 12.5. The van der Waals surface area contributed by atoms with Gasteiger partial charge in [0.1, 0.15) is 5.82 Å². The highest BCUT2D eigenvalue weighted by atomic mass is 19.1. The first-order chi connectivity index (χ1) is 8.22. The molecule has 0 aromatic heterocycles. The Morgan fingerprint density at radius 3 is 2.65 bits per heavy atom. The summed E-state index contributed by atoms with van der Waals surface area (Å²) in [7, 11) is 1.82. The largest absolute Gasteiger partial charge is 0.395 e. The summed E-state index contributed by atoms with van der Waals surface area (Å²) in [6.07, 6.45) is 0.787. The van der Waals surface area contributed by atoms with Gasteiger partial charge in [-0.05, 0) is 32.5 Å². The number of para-hydroxylation sites is 1. The average molecular weight is 240 g/mol. The van der Waals surface area contributed by atoms with E-state index in [4.69, 9.17) is 5.11 Å². The van der Waals surface area contributed by atoms with Gasteiger partial charge in [0, 0.05) is 19.1 Å².